The van der Waals surface area contributed by atoms with Crippen LogP contribution in [0.1, 0.15) is 23.6 Å². The number of methoxy groups -OCH3 is 1. The maximum absolute atomic E-state index is 13.3. The van der Waals surface area contributed by atoms with Gasteiger partial charge in [-0.2, -0.15) is 4.31 Å². The third-order valence-corrected chi connectivity index (χ3v) is 7.32. The summed E-state index contributed by atoms with van der Waals surface area (Å²) in [5.74, 6) is 0.327. The Labute approximate surface area is 193 Å². The number of hydrogen-bond acceptors (Lipinski definition) is 4. The van der Waals surface area contributed by atoms with Crippen LogP contribution < -0.4 is 10.1 Å². The highest BCUT2D eigenvalue weighted by atomic mass is 35.5. The van der Waals surface area contributed by atoms with Crippen LogP contribution in [-0.2, 0) is 14.8 Å². The molecule has 0 unspecified atom stereocenters. The predicted molar refractivity (Wildman–Crippen MR) is 127 cm³/mol. The minimum Gasteiger partial charge on any atom is -0.497 e. The predicted octanol–water partition coefficient (Wildman–Crippen LogP) is 5.05. The van der Waals surface area contributed by atoms with Crippen LogP contribution in [0, 0.1) is 6.92 Å². The van der Waals surface area contributed by atoms with Crippen molar-refractivity contribution in [2.75, 3.05) is 19.5 Å². The van der Waals surface area contributed by atoms with Gasteiger partial charge in [0.05, 0.1) is 18.0 Å². The smallest absolute Gasteiger partial charge is 0.243 e. The number of nitrogens with zero attached hydrogens (tertiary/aromatic N) is 1. The average molecular weight is 473 g/mol. The molecule has 0 radical (unpaired) electrons. The number of benzene rings is 3. The molecule has 0 saturated carbocycles. The number of rotatable bonds is 8. The maximum atomic E-state index is 13.3. The number of sulfonamides is 1. The monoisotopic (exact) mass is 472 g/mol. The molecule has 1 amide bonds. The molecule has 0 aliphatic carbocycles. The van der Waals surface area contributed by atoms with Crippen molar-refractivity contribution in [2.45, 2.75) is 24.3 Å². The van der Waals surface area contributed by atoms with Gasteiger partial charge in [-0.1, -0.05) is 41.9 Å². The van der Waals surface area contributed by atoms with Crippen LogP contribution in [0.15, 0.2) is 77.7 Å². The zero-order valence-electron chi connectivity index (χ0n) is 18.1. The molecule has 0 spiro atoms. The zero-order chi connectivity index (χ0) is 23.3. The number of ether oxygens (including phenoxy) is 1. The molecule has 0 saturated heterocycles. The molecule has 3 aromatic rings. The third-order valence-electron chi connectivity index (χ3n) is 5.20. The number of nitrogens with one attached hydrogen (secondary N) is 1. The van der Waals surface area contributed by atoms with Gasteiger partial charge in [-0.25, -0.2) is 8.42 Å². The number of anilines is 1. The van der Waals surface area contributed by atoms with Crippen LogP contribution in [-0.4, -0.2) is 32.8 Å². The van der Waals surface area contributed by atoms with Gasteiger partial charge in [-0.05, 0) is 60.5 Å². The van der Waals surface area contributed by atoms with Crippen molar-refractivity contribution in [3.63, 3.8) is 0 Å². The second-order valence-corrected chi connectivity index (χ2v) is 9.77. The summed E-state index contributed by atoms with van der Waals surface area (Å²) in [5.41, 5.74) is 2.12. The summed E-state index contributed by atoms with van der Waals surface area (Å²) in [6.45, 7) is 1.84. The lowest BCUT2D eigenvalue weighted by Gasteiger charge is -2.28. The molecule has 32 heavy (non-hydrogen) atoms. The summed E-state index contributed by atoms with van der Waals surface area (Å²) in [6.07, 6.45) is -0.0725. The molecule has 0 bridgehead atoms. The molecular formula is C24H25ClN2O4S. The topological polar surface area (TPSA) is 75.7 Å². The zero-order valence-corrected chi connectivity index (χ0v) is 19.7. The van der Waals surface area contributed by atoms with Crippen molar-refractivity contribution in [1.82, 2.24) is 4.31 Å². The first-order valence-electron chi connectivity index (χ1n) is 9.95. The van der Waals surface area contributed by atoms with Gasteiger partial charge in [0.1, 0.15) is 5.75 Å². The summed E-state index contributed by atoms with van der Waals surface area (Å²) in [7, 11) is -0.790. The highest BCUT2D eigenvalue weighted by Crippen LogP contribution is 2.31. The second-order valence-electron chi connectivity index (χ2n) is 7.33. The Bertz CT molecular complexity index is 1180. The lowest BCUT2D eigenvalue weighted by atomic mass is 10.0. The van der Waals surface area contributed by atoms with E-state index in [0.717, 1.165) is 5.56 Å². The standard InChI is InChI=1S/C24H25ClN2O4S/c1-17-15-19(25)11-14-22(17)26-24(28)16-23(18-9-12-20(31-3)13-10-18)27(2)32(29,30)21-7-5-4-6-8-21/h4-15,23H,16H2,1-3H3,(H,26,28)/t23-/m0/s1. The Morgan fingerprint density at radius 1 is 1.06 bits per heavy atom. The summed E-state index contributed by atoms with van der Waals surface area (Å²) < 4.78 is 33.0. The molecule has 0 fully saturated rings. The van der Waals surface area contributed by atoms with Crippen LogP contribution in [0.25, 0.3) is 0 Å². The fraction of sp³-hybridized carbons (Fsp3) is 0.208. The molecular weight excluding hydrogens is 448 g/mol. The van der Waals surface area contributed by atoms with E-state index in [1.165, 1.54) is 23.5 Å². The fourth-order valence-electron chi connectivity index (χ4n) is 3.35. The Hall–Kier alpha value is -2.87. The van der Waals surface area contributed by atoms with Gasteiger partial charge >= 0.3 is 0 Å². The minimum atomic E-state index is -3.83. The largest absolute Gasteiger partial charge is 0.497 e. The van der Waals surface area contributed by atoms with Gasteiger partial charge in [0.25, 0.3) is 0 Å². The van der Waals surface area contributed by atoms with E-state index < -0.39 is 16.1 Å². The molecule has 1 atom stereocenters. The van der Waals surface area contributed by atoms with Gasteiger partial charge in [0, 0.05) is 24.2 Å². The molecule has 6 nitrogen and oxygen atoms in total. The number of aryl methyl sites for hydroxylation is 1. The summed E-state index contributed by atoms with van der Waals surface area (Å²) in [4.78, 5) is 13.1. The maximum Gasteiger partial charge on any atom is 0.243 e. The van der Waals surface area contributed by atoms with E-state index in [1.54, 1.807) is 67.8 Å². The number of hydrogen-bond donors (Lipinski definition) is 1. The van der Waals surface area contributed by atoms with Crippen LogP contribution in [0.4, 0.5) is 5.69 Å². The van der Waals surface area contributed by atoms with Crippen molar-refractivity contribution >= 4 is 33.2 Å². The Balaban J connectivity index is 1.92. The Morgan fingerprint density at radius 2 is 1.72 bits per heavy atom. The number of amides is 1. The fourth-order valence-corrected chi connectivity index (χ4v) is 4.94. The lowest BCUT2D eigenvalue weighted by Crippen LogP contribution is -2.34. The minimum absolute atomic E-state index is 0.0725. The Kier molecular flexibility index (Phi) is 7.56. The van der Waals surface area contributed by atoms with Crippen LogP contribution in [0.5, 0.6) is 5.75 Å². The number of carbonyl (C=O) groups is 1. The molecule has 8 heteroatoms. The first-order valence-corrected chi connectivity index (χ1v) is 11.8. The van der Waals surface area contributed by atoms with Crippen molar-refractivity contribution in [3.05, 3.63) is 88.9 Å². The van der Waals surface area contributed by atoms with Crippen LogP contribution in [0.2, 0.25) is 5.02 Å². The van der Waals surface area contributed by atoms with Gasteiger partial charge < -0.3 is 10.1 Å². The van der Waals surface area contributed by atoms with Crippen molar-refractivity contribution in [2.24, 2.45) is 0 Å². The highest BCUT2D eigenvalue weighted by Gasteiger charge is 2.31. The van der Waals surface area contributed by atoms with Gasteiger partial charge in [-0.3, -0.25) is 4.79 Å². The number of carbonyl (C=O) groups excluding carboxylic acids is 1. The molecule has 0 heterocycles. The quantitative estimate of drug-likeness (QED) is 0.498. The van der Waals surface area contributed by atoms with Gasteiger partial charge in [0.2, 0.25) is 15.9 Å². The van der Waals surface area contributed by atoms with Gasteiger partial charge in [0.15, 0.2) is 0 Å². The van der Waals surface area contributed by atoms with Crippen molar-refractivity contribution in [1.29, 1.82) is 0 Å². The van der Waals surface area contributed by atoms with E-state index in [2.05, 4.69) is 5.32 Å². The van der Waals surface area contributed by atoms with Crippen molar-refractivity contribution in [3.8, 4) is 5.75 Å². The first kappa shape index (κ1) is 23.8. The molecule has 3 aromatic carbocycles. The van der Waals surface area contributed by atoms with E-state index in [-0.39, 0.29) is 17.2 Å². The summed E-state index contributed by atoms with van der Waals surface area (Å²) in [5, 5.41) is 3.44. The van der Waals surface area contributed by atoms with Crippen LogP contribution >= 0.6 is 11.6 Å². The molecule has 0 aliphatic heterocycles. The Morgan fingerprint density at radius 3 is 2.31 bits per heavy atom. The van der Waals surface area contributed by atoms with E-state index >= 15 is 0 Å². The van der Waals surface area contributed by atoms with Gasteiger partial charge in [-0.15, -0.1) is 0 Å². The van der Waals surface area contributed by atoms with E-state index in [0.29, 0.717) is 22.0 Å². The van der Waals surface area contributed by atoms with Crippen molar-refractivity contribution < 1.29 is 17.9 Å². The third kappa shape index (κ3) is 5.48. The van der Waals surface area contributed by atoms with E-state index in [4.69, 9.17) is 16.3 Å². The highest BCUT2D eigenvalue weighted by molar-refractivity contribution is 7.89. The average Bonchev–Trinajstić information content (AvgIpc) is 2.79. The molecule has 168 valence electrons. The second kappa shape index (κ2) is 10.2. The molecule has 0 aliphatic rings. The molecule has 1 N–H and O–H groups in total. The summed E-state index contributed by atoms with van der Waals surface area (Å²) >= 11 is 6.00. The molecule has 0 aromatic heterocycles. The van der Waals surface area contributed by atoms with E-state index in [9.17, 15) is 13.2 Å². The lowest BCUT2D eigenvalue weighted by molar-refractivity contribution is -0.117. The van der Waals surface area contributed by atoms with E-state index in [1.807, 2.05) is 6.92 Å². The van der Waals surface area contributed by atoms with Crippen LogP contribution in [0.3, 0.4) is 0 Å². The summed E-state index contributed by atoms with van der Waals surface area (Å²) in [6, 6.07) is 19.6. The molecule has 3 rings (SSSR count). The first-order chi connectivity index (χ1) is 15.2. The normalized spacial score (nSPS) is 12.4. The number of halogens is 1. The SMILES string of the molecule is COc1ccc([C@H](CC(=O)Nc2ccc(Cl)cc2C)N(C)S(=O)(=O)c2ccccc2)cc1.